The van der Waals surface area contributed by atoms with Crippen molar-refractivity contribution in [2.24, 2.45) is 39.9 Å². The van der Waals surface area contributed by atoms with Crippen LogP contribution in [0.1, 0.15) is 59.3 Å². The Morgan fingerprint density at radius 2 is 2.00 bits per heavy atom. The van der Waals surface area contributed by atoms with E-state index in [1.165, 1.54) is 0 Å². The minimum Gasteiger partial charge on any atom is -0.432 e. The molecule has 2 aliphatic heterocycles. The van der Waals surface area contributed by atoms with E-state index in [1.807, 2.05) is 0 Å². The van der Waals surface area contributed by atoms with Gasteiger partial charge in [-0.3, -0.25) is 4.79 Å². The van der Waals surface area contributed by atoms with E-state index in [1.54, 1.807) is 0 Å². The van der Waals surface area contributed by atoms with E-state index in [-0.39, 0.29) is 40.8 Å². The first-order chi connectivity index (χ1) is 12.2. The van der Waals surface area contributed by atoms with Crippen molar-refractivity contribution in [3.05, 3.63) is 12.2 Å². The largest absolute Gasteiger partial charge is 0.432 e. The average Bonchev–Trinajstić information content (AvgIpc) is 3.38. The van der Waals surface area contributed by atoms with Gasteiger partial charge in [-0.1, -0.05) is 32.9 Å². The van der Waals surface area contributed by atoms with Crippen LogP contribution < -0.4 is 0 Å². The predicted octanol–water partition coefficient (Wildman–Crippen LogP) is 3.43. The highest BCUT2D eigenvalue weighted by molar-refractivity contribution is 5.81. The van der Waals surface area contributed by atoms with Crippen molar-refractivity contribution in [1.29, 1.82) is 0 Å². The quantitative estimate of drug-likeness (QED) is 0.467. The Morgan fingerprint density at radius 3 is 2.69 bits per heavy atom. The van der Waals surface area contributed by atoms with Gasteiger partial charge in [0.2, 0.25) is 5.79 Å². The van der Waals surface area contributed by atoms with Crippen molar-refractivity contribution < 1.29 is 19.4 Å². The summed E-state index contributed by atoms with van der Waals surface area (Å²) in [5.74, 6) is -0.142. The summed E-state index contributed by atoms with van der Waals surface area (Å²) >= 11 is 0. The van der Waals surface area contributed by atoms with Crippen LogP contribution in [0.3, 0.4) is 0 Å². The van der Waals surface area contributed by atoms with Crippen LogP contribution in [-0.4, -0.2) is 29.1 Å². The maximum absolute atomic E-state index is 13.7. The van der Waals surface area contributed by atoms with Crippen molar-refractivity contribution in [1.82, 2.24) is 0 Å². The fourth-order valence-corrected chi connectivity index (χ4v) is 8.29. The first kappa shape index (κ1) is 16.1. The van der Waals surface area contributed by atoms with Crippen LogP contribution in [0.25, 0.3) is 0 Å². The van der Waals surface area contributed by atoms with E-state index in [0.717, 1.165) is 32.1 Å². The zero-order chi connectivity index (χ0) is 18.1. The number of aliphatic hydroxyl groups is 1. The fraction of sp³-hybridized carbons (Fsp3) is 0.864. The summed E-state index contributed by atoms with van der Waals surface area (Å²) in [5.41, 5.74) is -0.905. The normalized spacial score (nSPS) is 60.0. The molecule has 0 aromatic heterocycles. The second-order valence-corrected chi connectivity index (χ2v) is 10.8. The van der Waals surface area contributed by atoms with Gasteiger partial charge in [0, 0.05) is 17.8 Å². The molecule has 1 N–H and O–H groups in total. The van der Waals surface area contributed by atoms with Gasteiger partial charge >= 0.3 is 5.97 Å². The molecule has 0 aromatic rings. The SMILES string of the molecule is CC1(C)C2CCC1(C)C(O)(OC(=O)C13C4C=CC(C4)C1C1CCC3O1)C2. The molecule has 4 nitrogen and oxygen atoms in total. The Kier molecular flexibility index (Phi) is 2.73. The topological polar surface area (TPSA) is 55.8 Å². The van der Waals surface area contributed by atoms with Gasteiger partial charge in [0.05, 0.1) is 12.2 Å². The lowest BCUT2D eigenvalue weighted by atomic mass is 9.61. The first-order valence-electron chi connectivity index (χ1n) is 10.5. The molecule has 6 bridgehead atoms. The van der Waals surface area contributed by atoms with Crippen LogP contribution in [-0.2, 0) is 14.3 Å². The molecule has 9 atom stereocenters. The van der Waals surface area contributed by atoms with Gasteiger partial charge in [-0.25, -0.2) is 0 Å². The molecule has 2 heterocycles. The van der Waals surface area contributed by atoms with Gasteiger partial charge in [-0.2, -0.15) is 0 Å². The lowest BCUT2D eigenvalue weighted by Gasteiger charge is -2.47. The van der Waals surface area contributed by atoms with Crippen molar-refractivity contribution in [3.63, 3.8) is 0 Å². The van der Waals surface area contributed by atoms with E-state index >= 15 is 0 Å². The standard InChI is InChI=1S/C22H30O4/c1-19(2)14-8-9-20(19,3)21(24,11-14)26-18(23)22-13-5-4-12(10-13)17(22)15-6-7-16(22)25-15/h4-5,12-17,24H,6-11H2,1-3H3. The van der Waals surface area contributed by atoms with Crippen LogP contribution in [0.15, 0.2) is 12.2 Å². The van der Waals surface area contributed by atoms with Gasteiger partial charge in [-0.15, -0.1) is 0 Å². The smallest absolute Gasteiger partial charge is 0.318 e. The van der Waals surface area contributed by atoms with Gasteiger partial charge in [0.15, 0.2) is 0 Å². The first-order valence-corrected chi connectivity index (χ1v) is 10.5. The summed E-state index contributed by atoms with van der Waals surface area (Å²) < 4.78 is 12.4. The van der Waals surface area contributed by atoms with E-state index in [2.05, 4.69) is 32.9 Å². The number of hydrogen-bond donors (Lipinski definition) is 1. The zero-order valence-corrected chi connectivity index (χ0v) is 16.0. The summed E-state index contributed by atoms with van der Waals surface area (Å²) in [4.78, 5) is 13.7. The predicted molar refractivity (Wildman–Crippen MR) is 94.8 cm³/mol. The molecule has 0 radical (unpaired) electrons. The molecule has 5 fully saturated rings. The summed E-state index contributed by atoms with van der Waals surface area (Å²) in [5, 5.41) is 11.6. The lowest BCUT2D eigenvalue weighted by molar-refractivity contribution is -0.270. The molecule has 6 rings (SSSR count). The average molecular weight is 358 g/mol. The molecule has 3 saturated carbocycles. The Morgan fingerprint density at radius 1 is 1.19 bits per heavy atom. The van der Waals surface area contributed by atoms with Crippen LogP contribution in [0.4, 0.5) is 0 Å². The fourth-order valence-electron chi connectivity index (χ4n) is 8.29. The molecular weight excluding hydrogens is 328 g/mol. The molecule has 9 unspecified atom stereocenters. The van der Waals surface area contributed by atoms with Gasteiger partial charge in [0.1, 0.15) is 5.41 Å². The molecule has 142 valence electrons. The van der Waals surface area contributed by atoms with E-state index in [0.29, 0.717) is 18.3 Å². The summed E-state index contributed by atoms with van der Waals surface area (Å²) in [6, 6.07) is 0. The number of carbonyl (C=O) groups is 1. The van der Waals surface area contributed by atoms with Crippen LogP contribution in [0, 0.1) is 39.9 Å². The minimum absolute atomic E-state index is 0.00113. The van der Waals surface area contributed by atoms with Gasteiger partial charge < -0.3 is 14.6 Å². The molecule has 0 aromatic carbocycles. The second kappa shape index (κ2) is 4.41. The third-order valence-corrected chi connectivity index (χ3v) is 10.2. The number of carbonyl (C=O) groups excluding carboxylic acids is 1. The summed E-state index contributed by atoms with van der Waals surface area (Å²) in [6.07, 6.45) is 10.4. The Hall–Kier alpha value is -0.870. The van der Waals surface area contributed by atoms with Crippen molar-refractivity contribution >= 4 is 5.97 Å². The Balaban J connectivity index is 1.37. The van der Waals surface area contributed by atoms with Gasteiger partial charge in [0.25, 0.3) is 0 Å². The van der Waals surface area contributed by atoms with E-state index in [9.17, 15) is 9.90 Å². The van der Waals surface area contributed by atoms with E-state index < -0.39 is 11.2 Å². The molecule has 4 heteroatoms. The number of hydrogen-bond acceptors (Lipinski definition) is 4. The molecule has 0 amide bonds. The van der Waals surface area contributed by atoms with Crippen LogP contribution in [0.5, 0.6) is 0 Å². The summed E-state index contributed by atoms with van der Waals surface area (Å²) in [7, 11) is 0. The maximum atomic E-state index is 13.7. The van der Waals surface area contributed by atoms with Crippen molar-refractivity contribution in [2.45, 2.75) is 77.3 Å². The van der Waals surface area contributed by atoms with Crippen molar-refractivity contribution in [3.8, 4) is 0 Å². The third kappa shape index (κ3) is 1.43. The van der Waals surface area contributed by atoms with E-state index in [4.69, 9.17) is 9.47 Å². The maximum Gasteiger partial charge on any atom is 0.318 e. The second-order valence-electron chi connectivity index (χ2n) is 10.8. The molecular formula is C22H30O4. The molecule has 26 heavy (non-hydrogen) atoms. The van der Waals surface area contributed by atoms with Gasteiger partial charge in [-0.05, 0) is 55.3 Å². The Labute approximate surface area is 155 Å². The molecule has 4 aliphatic carbocycles. The number of rotatable bonds is 2. The number of esters is 1. The van der Waals surface area contributed by atoms with Crippen molar-refractivity contribution in [2.75, 3.05) is 0 Å². The third-order valence-electron chi connectivity index (χ3n) is 10.2. The highest BCUT2D eigenvalue weighted by atomic mass is 16.7. The number of allylic oxidation sites excluding steroid dienone is 2. The highest BCUT2D eigenvalue weighted by Crippen LogP contribution is 2.72. The molecule has 0 spiro atoms. The highest BCUT2D eigenvalue weighted by Gasteiger charge is 2.76. The van der Waals surface area contributed by atoms with Crippen LogP contribution >= 0.6 is 0 Å². The number of ether oxygens (including phenoxy) is 2. The molecule has 2 saturated heterocycles. The lowest BCUT2D eigenvalue weighted by Crippen LogP contribution is -2.56. The summed E-state index contributed by atoms with van der Waals surface area (Å²) in [6.45, 7) is 6.59. The molecule has 6 aliphatic rings. The number of fused-ring (bicyclic) bond motifs is 11. The zero-order valence-electron chi connectivity index (χ0n) is 16.0. The van der Waals surface area contributed by atoms with Crippen LogP contribution in [0.2, 0.25) is 0 Å². The monoisotopic (exact) mass is 358 g/mol. The Bertz CT molecular complexity index is 728. The minimum atomic E-state index is -1.33.